The average molecular weight is 277 g/mol. The van der Waals surface area contributed by atoms with Gasteiger partial charge in [0.1, 0.15) is 5.69 Å². The van der Waals surface area contributed by atoms with E-state index in [2.05, 4.69) is 17.1 Å². The molecule has 20 heavy (non-hydrogen) atoms. The van der Waals surface area contributed by atoms with Crippen molar-refractivity contribution in [2.75, 3.05) is 25.0 Å². The maximum atomic E-state index is 11.1. The first-order valence-corrected chi connectivity index (χ1v) is 7.31. The average Bonchev–Trinajstić information content (AvgIpc) is 2.42. The van der Waals surface area contributed by atoms with Crippen LogP contribution < -0.4 is 5.32 Å². The summed E-state index contributed by atoms with van der Waals surface area (Å²) in [5, 5.41) is 14.4. The second-order valence-corrected chi connectivity index (χ2v) is 5.63. The molecule has 0 radical (unpaired) electrons. The summed E-state index contributed by atoms with van der Waals surface area (Å²) in [5.74, 6) is 0. The summed E-state index contributed by atoms with van der Waals surface area (Å²) < 4.78 is 0. The molecular formula is C15H23N3O2. The maximum Gasteiger partial charge on any atom is 0.292 e. The highest BCUT2D eigenvalue weighted by molar-refractivity contribution is 5.66. The topological polar surface area (TPSA) is 58.4 Å². The van der Waals surface area contributed by atoms with Gasteiger partial charge in [-0.25, -0.2) is 0 Å². The van der Waals surface area contributed by atoms with Gasteiger partial charge in [0.2, 0.25) is 0 Å². The Morgan fingerprint density at radius 3 is 2.70 bits per heavy atom. The monoisotopic (exact) mass is 277 g/mol. The van der Waals surface area contributed by atoms with Gasteiger partial charge < -0.3 is 10.2 Å². The number of hydrogen-bond donors (Lipinski definition) is 1. The van der Waals surface area contributed by atoms with Crippen molar-refractivity contribution in [3.8, 4) is 0 Å². The van der Waals surface area contributed by atoms with Crippen LogP contribution in [0.15, 0.2) is 18.2 Å². The number of benzene rings is 1. The van der Waals surface area contributed by atoms with E-state index in [9.17, 15) is 10.1 Å². The van der Waals surface area contributed by atoms with E-state index >= 15 is 0 Å². The number of para-hydroxylation sites is 1. The number of nitrogens with zero attached hydrogens (tertiary/aromatic N) is 2. The summed E-state index contributed by atoms with van der Waals surface area (Å²) >= 11 is 0. The summed E-state index contributed by atoms with van der Waals surface area (Å²) in [6, 6.07) is 5.40. The first-order chi connectivity index (χ1) is 9.58. The lowest BCUT2D eigenvalue weighted by Gasteiger charge is -2.29. The van der Waals surface area contributed by atoms with Crippen LogP contribution in [0.3, 0.4) is 0 Å². The first-order valence-electron chi connectivity index (χ1n) is 7.31. The molecule has 1 N–H and O–H groups in total. The minimum Gasteiger partial charge on any atom is -0.376 e. The fourth-order valence-corrected chi connectivity index (χ4v) is 2.81. The van der Waals surface area contributed by atoms with Gasteiger partial charge >= 0.3 is 0 Å². The third kappa shape index (κ3) is 3.70. The predicted molar refractivity (Wildman–Crippen MR) is 81.2 cm³/mol. The highest BCUT2D eigenvalue weighted by Crippen LogP contribution is 2.28. The molecule has 1 fully saturated rings. The fraction of sp³-hybridized carbons (Fsp3) is 0.600. The van der Waals surface area contributed by atoms with Gasteiger partial charge in [0.05, 0.1) is 4.92 Å². The van der Waals surface area contributed by atoms with Crippen LogP contribution >= 0.6 is 0 Å². The molecule has 5 nitrogen and oxygen atoms in total. The lowest BCUT2D eigenvalue weighted by molar-refractivity contribution is -0.384. The van der Waals surface area contributed by atoms with Crippen molar-refractivity contribution in [1.29, 1.82) is 0 Å². The van der Waals surface area contributed by atoms with E-state index in [1.807, 2.05) is 13.0 Å². The molecule has 0 spiro atoms. The minimum atomic E-state index is -0.317. The van der Waals surface area contributed by atoms with Crippen LogP contribution in [0.1, 0.15) is 31.7 Å². The summed E-state index contributed by atoms with van der Waals surface area (Å²) in [6.45, 7) is 7.21. The SMILES string of the molecule is Cc1cccc([N+](=O)[O-])c1NC(C)CN1CCCCC1. The van der Waals surface area contributed by atoms with Crippen molar-refractivity contribution in [3.05, 3.63) is 33.9 Å². The summed E-state index contributed by atoms with van der Waals surface area (Å²) in [5.41, 5.74) is 1.74. The van der Waals surface area contributed by atoms with E-state index in [1.54, 1.807) is 12.1 Å². The number of anilines is 1. The molecule has 0 aromatic heterocycles. The normalized spacial score (nSPS) is 17.7. The predicted octanol–water partition coefficient (Wildman–Crippen LogP) is 3.19. The smallest absolute Gasteiger partial charge is 0.292 e. The second-order valence-electron chi connectivity index (χ2n) is 5.63. The number of likely N-dealkylation sites (tertiary alicyclic amines) is 1. The van der Waals surface area contributed by atoms with E-state index in [0.717, 1.165) is 25.2 Å². The summed E-state index contributed by atoms with van der Waals surface area (Å²) in [4.78, 5) is 13.2. The maximum absolute atomic E-state index is 11.1. The summed E-state index contributed by atoms with van der Waals surface area (Å²) in [7, 11) is 0. The molecule has 1 aromatic rings. The molecule has 2 rings (SSSR count). The Labute approximate surface area is 120 Å². The Morgan fingerprint density at radius 2 is 2.05 bits per heavy atom. The lowest BCUT2D eigenvalue weighted by atomic mass is 10.1. The standard InChI is InChI=1S/C15H23N3O2/c1-12-7-6-8-14(18(19)20)15(12)16-13(2)11-17-9-4-3-5-10-17/h6-8,13,16H,3-5,9-11H2,1-2H3. The van der Waals surface area contributed by atoms with Gasteiger partial charge in [-0.05, 0) is 45.3 Å². The Kier molecular flexibility index (Phi) is 4.95. The molecule has 1 unspecified atom stereocenters. The van der Waals surface area contributed by atoms with E-state index in [1.165, 1.54) is 19.3 Å². The molecule has 1 atom stereocenters. The van der Waals surface area contributed by atoms with Gasteiger partial charge in [-0.15, -0.1) is 0 Å². The largest absolute Gasteiger partial charge is 0.376 e. The second kappa shape index (κ2) is 6.70. The zero-order valence-corrected chi connectivity index (χ0v) is 12.3. The molecule has 1 saturated heterocycles. The van der Waals surface area contributed by atoms with Gasteiger partial charge in [0, 0.05) is 18.7 Å². The molecule has 0 bridgehead atoms. The van der Waals surface area contributed by atoms with Gasteiger partial charge in [-0.1, -0.05) is 18.6 Å². The molecule has 5 heteroatoms. The quantitative estimate of drug-likeness (QED) is 0.663. The Bertz CT molecular complexity index is 470. The lowest BCUT2D eigenvalue weighted by Crippen LogP contribution is -2.38. The number of rotatable bonds is 5. The highest BCUT2D eigenvalue weighted by Gasteiger charge is 2.19. The zero-order valence-electron chi connectivity index (χ0n) is 12.3. The molecule has 0 saturated carbocycles. The molecule has 0 amide bonds. The van der Waals surface area contributed by atoms with Crippen LogP contribution in [-0.4, -0.2) is 35.5 Å². The van der Waals surface area contributed by atoms with E-state index < -0.39 is 0 Å². The van der Waals surface area contributed by atoms with E-state index in [-0.39, 0.29) is 16.7 Å². The van der Waals surface area contributed by atoms with Crippen LogP contribution in [0.2, 0.25) is 0 Å². The molecule has 1 aliphatic rings. The van der Waals surface area contributed by atoms with Crippen molar-refractivity contribution in [2.24, 2.45) is 0 Å². The van der Waals surface area contributed by atoms with Gasteiger partial charge in [-0.2, -0.15) is 0 Å². The van der Waals surface area contributed by atoms with Gasteiger partial charge in [0.15, 0.2) is 0 Å². The Balaban J connectivity index is 2.03. The molecule has 0 aliphatic carbocycles. The van der Waals surface area contributed by atoms with Crippen molar-refractivity contribution in [3.63, 3.8) is 0 Å². The molecular weight excluding hydrogens is 254 g/mol. The summed E-state index contributed by atoms with van der Waals surface area (Å²) in [6.07, 6.45) is 3.84. The third-order valence-electron chi connectivity index (χ3n) is 3.82. The first kappa shape index (κ1) is 14.8. The van der Waals surface area contributed by atoms with E-state index in [0.29, 0.717) is 5.69 Å². The Hall–Kier alpha value is -1.62. The zero-order chi connectivity index (χ0) is 14.5. The van der Waals surface area contributed by atoms with Crippen LogP contribution in [0, 0.1) is 17.0 Å². The Morgan fingerprint density at radius 1 is 1.35 bits per heavy atom. The van der Waals surface area contributed by atoms with E-state index in [4.69, 9.17) is 0 Å². The molecule has 1 aliphatic heterocycles. The number of nitro benzene ring substituents is 1. The van der Waals surface area contributed by atoms with Crippen LogP contribution in [0.5, 0.6) is 0 Å². The number of nitro groups is 1. The molecule has 1 heterocycles. The third-order valence-corrected chi connectivity index (χ3v) is 3.82. The molecule has 110 valence electrons. The van der Waals surface area contributed by atoms with Crippen molar-refractivity contribution in [1.82, 2.24) is 4.90 Å². The van der Waals surface area contributed by atoms with Crippen LogP contribution in [0.4, 0.5) is 11.4 Å². The van der Waals surface area contributed by atoms with Crippen molar-refractivity contribution >= 4 is 11.4 Å². The van der Waals surface area contributed by atoms with Crippen LogP contribution in [-0.2, 0) is 0 Å². The number of nitrogens with one attached hydrogen (secondary N) is 1. The number of piperidine rings is 1. The highest BCUT2D eigenvalue weighted by atomic mass is 16.6. The van der Waals surface area contributed by atoms with Crippen LogP contribution in [0.25, 0.3) is 0 Å². The number of hydrogen-bond acceptors (Lipinski definition) is 4. The molecule has 1 aromatic carbocycles. The minimum absolute atomic E-state index is 0.162. The van der Waals surface area contributed by atoms with Gasteiger partial charge in [-0.3, -0.25) is 10.1 Å². The van der Waals surface area contributed by atoms with Gasteiger partial charge in [0.25, 0.3) is 5.69 Å². The van der Waals surface area contributed by atoms with Crippen molar-refractivity contribution in [2.45, 2.75) is 39.2 Å². The number of aryl methyl sites for hydroxylation is 1. The van der Waals surface area contributed by atoms with Crippen molar-refractivity contribution < 1.29 is 4.92 Å². The fourth-order valence-electron chi connectivity index (χ4n) is 2.81.